The number of halogens is 1. The number of morpholine rings is 1. The first-order valence-corrected chi connectivity index (χ1v) is 8.37. The molecule has 2 rings (SSSR count). The Morgan fingerprint density at radius 2 is 1.91 bits per heavy atom. The molecule has 23 heavy (non-hydrogen) atoms. The minimum absolute atomic E-state index is 0.0756. The lowest BCUT2D eigenvalue weighted by molar-refractivity contribution is -0.0781. The van der Waals surface area contributed by atoms with Crippen molar-refractivity contribution in [3.8, 4) is 0 Å². The number of hydrogen-bond acceptors (Lipinski definition) is 4. The zero-order valence-electron chi connectivity index (χ0n) is 14.6. The fraction of sp³-hybridized carbons (Fsp3) is 0.667. The molecule has 1 saturated heterocycles. The summed E-state index contributed by atoms with van der Waals surface area (Å²) in [6.45, 7) is 8.89. The van der Waals surface area contributed by atoms with Gasteiger partial charge in [-0.25, -0.2) is 4.39 Å². The molecule has 0 spiro atoms. The number of nitrogens with zero attached hydrogens (tertiary/aromatic N) is 2. The zero-order chi connectivity index (χ0) is 17.0. The minimum atomic E-state index is -0.466. The lowest BCUT2D eigenvalue weighted by Crippen LogP contribution is -2.49. The van der Waals surface area contributed by atoms with Crippen LogP contribution in [0.3, 0.4) is 0 Å². The SMILES string of the molecule is CC1CN(CC(O)CN(C)C(C)c2ccccc2F)CC(C)O1. The highest BCUT2D eigenvalue weighted by molar-refractivity contribution is 5.20. The van der Waals surface area contributed by atoms with Gasteiger partial charge >= 0.3 is 0 Å². The number of β-amino-alcohol motifs (C(OH)–C–C–N with tert-alkyl or cyclic N) is 1. The molecule has 1 N–H and O–H groups in total. The lowest BCUT2D eigenvalue weighted by atomic mass is 10.1. The summed E-state index contributed by atoms with van der Waals surface area (Å²) < 4.78 is 19.6. The average Bonchev–Trinajstić information content (AvgIpc) is 2.45. The third kappa shape index (κ3) is 5.24. The van der Waals surface area contributed by atoms with Gasteiger partial charge in [-0.3, -0.25) is 9.80 Å². The van der Waals surface area contributed by atoms with Crippen LogP contribution in [-0.2, 0) is 4.74 Å². The van der Waals surface area contributed by atoms with E-state index in [1.807, 2.05) is 24.9 Å². The van der Waals surface area contributed by atoms with E-state index in [2.05, 4.69) is 18.7 Å². The van der Waals surface area contributed by atoms with E-state index >= 15 is 0 Å². The van der Waals surface area contributed by atoms with Crippen LogP contribution in [0.1, 0.15) is 32.4 Å². The molecule has 130 valence electrons. The zero-order valence-corrected chi connectivity index (χ0v) is 14.6. The number of ether oxygens (including phenoxy) is 1. The summed E-state index contributed by atoms with van der Waals surface area (Å²) in [7, 11) is 1.92. The third-order valence-corrected chi connectivity index (χ3v) is 4.48. The van der Waals surface area contributed by atoms with Crippen molar-refractivity contribution in [2.75, 3.05) is 33.2 Å². The van der Waals surface area contributed by atoms with E-state index in [1.165, 1.54) is 6.07 Å². The van der Waals surface area contributed by atoms with Crippen molar-refractivity contribution in [1.82, 2.24) is 9.80 Å². The van der Waals surface area contributed by atoms with Crippen LogP contribution in [-0.4, -0.2) is 66.4 Å². The summed E-state index contributed by atoms with van der Waals surface area (Å²) in [5, 5.41) is 10.4. The highest BCUT2D eigenvalue weighted by atomic mass is 19.1. The predicted molar refractivity (Wildman–Crippen MR) is 89.9 cm³/mol. The number of rotatable bonds is 6. The van der Waals surface area contributed by atoms with Crippen LogP contribution < -0.4 is 0 Å². The van der Waals surface area contributed by atoms with Crippen molar-refractivity contribution in [2.24, 2.45) is 0 Å². The first-order chi connectivity index (χ1) is 10.9. The molecule has 0 amide bonds. The Bertz CT molecular complexity index is 490. The summed E-state index contributed by atoms with van der Waals surface area (Å²) in [4.78, 5) is 4.24. The van der Waals surface area contributed by atoms with E-state index in [0.717, 1.165) is 13.1 Å². The maximum absolute atomic E-state index is 13.9. The molecular formula is C18H29FN2O2. The summed E-state index contributed by atoms with van der Waals surface area (Å²) in [5.74, 6) is -0.197. The normalized spacial score (nSPS) is 25.5. The summed E-state index contributed by atoms with van der Waals surface area (Å²) in [6.07, 6.45) is -0.0752. The maximum Gasteiger partial charge on any atom is 0.127 e. The van der Waals surface area contributed by atoms with Gasteiger partial charge in [-0.05, 0) is 33.9 Å². The molecule has 4 nitrogen and oxygen atoms in total. The van der Waals surface area contributed by atoms with Crippen molar-refractivity contribution in [3.63, 3.8) is 0 Å². The van der Waals surface area contributed by atoms with Gasteiger partial charge < -0.3 is 9.84 Å². The van der Waals surface area contributed by atoms with E-state index in [-0.39, 0.29) is 24.1 Å². The predicted octanol–water partition coefficient (Wildman–Crippen LogP) is 2.29. The number of aliphatic hydroxyl groups excluding tert-OH is 1. The second-order valence-corrected chi connectivity index (χ2v) is 6.77. The number of hydrogen-bond donors (Lipinski definition) is 1. The molecule has 1 aliphatic rings. The molecule has 0 aromatic heterocycles. The van der Waals surface area contributed by atoms with Gasteiger partial charge in [-0.2, -0.15) is 0 Å². The van der Waals surface area contributed by atoms with Gasteiger partial charge in [0.15, 0.2) is 0 Å². The Labute approximate surface area is 138 Å². The fourth-order valence-electron chi connectivity index (χ4n) is 3.33. The molecule has 4 unspecified atom stereocenters. The Morgan fingerprint density at radius 1 is 1.30 bits per heavy atom. The van der Waals surface area contributed by atoms with Gasteiger partial charge in [-0.15, -0.1) is 0 Å². The van der Waals surface area contributed by atoms with Crippen LogP contribution in [0.25, 0.3) is 0 Å². The monoisotopic (exact) mass is 324 g/mol. The van der Waals surface area contributed by atoms with Gasteiger partial charge in [0.2, 0.25) is 0 Å². The number of aliphatic hydroxyl groups is 1. The van der Waals surface area contributed by atoms with Crippen LogP contribution >= 0.6 is 0 Å². The van der Waals surface area contributed by atoms with Gasteiger partial charge in [0.05, 0.1) is 18.3 Å². The molecule has 1 aliphatic heterocycles. The van der Waals surface area contributed by atoms with Crippen molar-refractivity contribution in [3.05, 3.63) is 35.6 Å². The molecule has 0 bridgehead atoms. The first-order valence-electron chi connectivity index (χ1n) is 8.37. The molecule has 1 fully saturated rings. The Kier molecular flexibility index (Phi) is 6.53. The molecule has 0 saturated carbocycles. The third-order valence-electron chi connectivity index (χ3n) is 4.48. The molecule has 0 aliphatic carbocycles. The number of benzene rings is 1. The quantitative estimate of drug-likeness (QED) is 0.871. The minimum Gasteiger partial charge on any atom is -0.390 e. The first kappa shape index (κ1) is 18.3. The van der Waals surface area contributed by atoms with E-state index in [1.54, 1.807) is 12.1 Å². The van der Waals surface area contributed by atoms with E-state index in [4.69, 9.17) is 4.74 Å². The van der Waals surface area contributed by atoms with Crippen molar-refractivity contribution < 1.29 is 14.2 Å². The van der Waals surface area contributed by atoms with Crippen LogP contribution in [0.4, 0.5) is 4.39 Å². The second kappa shape index (κ2) is 8.20. The van der Waals surface area contributed by atoms with Crippen molar-refractivity contribution >= 4 is 0 Å². The molecule has 4 atom stereocenters. The molecule has 1 heterocycles. The van der Waals surface area contributed by atoms with Gasteiger partial charge in [0.25, 0.3) is 0 Å². The van der Waals surface area contributed by atoms with Crippen LogP contribution in [0, 0.1) is 5.82 Å². The Balaban J connectivity index is 1.87. The van der Waals surface area contributed by atoms with Crippen LogP contribution in [0.2, 0.25) is 0 Å². The number of likely N-dealkylation sites (N-methyl/N-ethyl adjacent to an activating group) is 1. The topological polar surface area (TPSA) is 35.9 Å². The highest BCUT2D eigenvalue weighted by Crippen LogP contribution is 2.21. The van der Waals surface area contributed by atoms with E-state index in [0.29, 0.717) is 18.7 Å². The Hall–Kier alpha value is -1.01. The standard InChI is InChI=1S/C18H29FN2O2/c1-13-9-21(10-14(2)23-13)12-16(22)11-20(4)15(3)17-7-5-6-8-18(17)19/h5-8,13-16,22H,9-12H2,1-4H3. The fourth-order valence-corrected chi connectivity index (χ4v) is 3.33. The molecule has 0 radical (unpaired) electrons. The van der Waals surface area contributed by atoms with E-state index in [9.17, 15) is 9.50 Å². The van der Waals surface area contributed by atoms with Crippen LogP contribution in [0.5, 0.6) is 0 Å². The summed E-state index contributed by atoms with van der Waals surface area (Å²) >= 11 is 0. The van der Waals surface area contributed by atoms with Gasteiger partial charge in [0.1, 0.15) is 5.82 Å². The largest absolute Gasteiger partial charge is 0.390 e. The molecule has 5 heteroatoms. The lowest BCUT2D eigenvalue weighted by Gasteiger charge is -2.37. The molecular weight excluding hydrogens is 295 g/mol. The molecule has 1 aromatic rings. The highest BCUT2D eigenvalue weighted by Gasteiger charge is 2.25. The van der Waals surface area contributed by atoms with Gasteiger partial charge in [0, 0.05) is 37.8 Å². The summed E-state index contributed by atoms with van der Waals surface area (Å²) in [6, 6.07) is 6.74. The second-order valence-electron chi connectivity index (χ2n) is 6.77. The van der Waals surface area contributed by atoms with Crippen molar-refractivity contribution in [1.29, 1.82) is 0 Å². The smallest absolute Gasteiger partial charge is 0.127 e. The van der Waals surface area contributed by atoms with Crippen molar-refractivity contribution in [2.45, 2.75) is 45.1 Å². The molecule has 1 aromatic carbocycles. The Morgan fingerprint density at radius 3 is 2.52 bits per heavy atom. The van der Waals surface area contributed by atoms with Gasteiger partial charge in [-0.1, -0.05) is 18.2 Å². The maximum atomic E-state index is 13.9. The van der Waals surface area contributed by atoms with Crippen LogP contribution in [0.15, 0.2) is 24.3 Å². The van der Waals surface area contributed by atoms with E-state index < -0.39 is 6.10 Å². The average molecular weight is 324 g/mol. The summed E-state index contributed by atoms with van der Waals surface area (Å²) in [5.41, 5.74) is 0.663.